The van der Waals surface area contributed by atoms with Gasteiger partial charge in [0.15, 0.2) is 0 Å². The molecule has 3 N–H and O–H groups in total. The maximum Gasteiger partial charge on any atom is 0.307 e. The number of aliphatic carboxylic acids is 1. The van der Waals surface area contributed by atoms with Gasteiger partial charge < -0.3 is 15.7 Å². The van der Waals surface area contributed by atoms with Crippen molar-refractivity contribution in [2.45, 2.75) is 13.8 Å². The van der Waals surface area contributed by atoms with Crippen molar-refractivity contribution < 1.29 is 19.5 Å². The van der Waals surface area contributed by atoms with Gasteiger partial charge in [0, 0.05) is 12.7 Å². The van der Waals surface area contributed by atoms with E-state index in [9.17, 15) is 14.4 Å². The summed E-state index contributed by atoms with van der Waals surface area (Å²) in [7, 11) is 1.48. The molecule has 0 aromatic heterocycles. The standard InChI is InChI=1S/C15H17ClN2O4/c1-15(2)10(11(15)14(21)22)13(20)18-7-4-5-9(16)8(6-7)12(19)17-3/h4-6,10-11H,1-3H3,(H,17,19)(H,18,20)(H,21,22)/t10-,11+/m1/s1. The van der Waals surface area contributed by atoms with Crippen LogP contribution in [0.2, 0.25) is 5.02 Å². The van der Waals surface area contributed by atoms with Gasteiger partial charge in [0.05, 0.1) is 22.4 Å². The van der Waals surface area contributed by atoms with Crippen LogP contribution in [0.4, 0.5) is 5.69 Å². The van der Waals surface area contributed by atoms with Gasteiger partial charge in [0.25, 0.3) is 5.91 Å². The largest absolute Gasteiger partial charge is 0.481 e. The number of benzene rings is 1. The van der Waals surface area contributed by atoms with Crippen LogP contribution in [0.15, 0.2) is 18.2 Å². The lowest BCUT2D eigenvalue weighted by Gasteiger charge is -2.09. The summed E-state index contributed by atoms with van der Waals surface area (Å²) in [5.41, 5.74) is 0.0676. The van der Waals surface area contributed by atoms with E-state index in [1.165, 1.54) is 19.2 Å². The maximum atomic E-state index is 12.2. The van der Waals surface area contributed by atoms with E-state index in [0.29, 0.717) is 5.69 Å². The zero-order valence-electron chi connectivity index (χ0n) is 12.4. The second-order valence-corrected chi connectivity index (χ2v) is 6.29. The second kappa shape index (κ2) is 5.61. The Morgan fingerprint density at radius 2 is 1.86 bits per heavy atom. The van der Waals surface area contributed by atoms with Crippen molar-refractivity contribution in [2.24, 2.45) is 17.3 Å². The quantitative estimate of drug-likeness (QED) is 0.789. The minimum absolute atomic E-state index is 0.242. The summed E-state index contributed by atoms with van der Waals surface area (Å²) in [5.74, 6) is -3.01. The molecule has 2 atom stereocenters. The number of carbonyl (C=O) groups excluding carboxylic acids is 2. The molecular formula is C15H17ClN2O4. The Morgan fingerprint density at radius 3 is 2.36 bits per heavy atom. The lowest BCUT2D eigenvalue weighted by molar-refractivity contribution is -0.140. The van der Waals surface area contributed by atoms with E-state index in [0.717, 1.165) is 0 Å². The second-order valence-electron chi connectivity index (χ2n) is 5.88. The third kappa shape index (κ3) is 2.78. The molecule has 0 saturated heterocycles. The first-order valence-corrected chi connectivity index (χ1v) is 7.13. The fourth-order valence-corrected chi connectivity index (χ4v) is 2.92. The Bertz CT molecular complexity index is 657. The number of hydrogen-bond donors (Lipinski definition) is 3. The van der Waals surface area contributed by atoms with E-state index in [1.54, 1.807) is 19.9 Å². The summed E-state index contributed by atoms with van der Waals surface area (Å²) in [6.07, 6.45) is 0. The fourth-order valence-electron chi connectivity index (χ4n) is 2.72. The Kier molecular flexibility index (Phi) is 4.15. The number of hydrogen-bond acceptors (Lipinski definition) is 3. The van der Waals surface area contributed by atoms with Crippen LogP contribution in [-0.2, 0) is 9.59 Å². The van der Waals surface area contributed by atoms with E-state index >= 15 is 0 Å². The van der Waals surface area contributed by atoms with Crippen molar-refractivity contribution in [3.05, 3.63) is 28.8 Å². The zero-order valence-corrected chi connectivity index (χ0v) is 13.2. The summed E-state index contributed by atoms with van der Waals surface area (Å²) in [5, 5.41) is 14.5. The molecule has 1 aromatic carbocycles. The van der Waals surface area contributed by atoms with E-state index < -0.39 is 23.2 Å². The first-order valence-electron chi connectivity index (χ1n) is 6.75. The SMILES string of the molecule is CNC(=O)c1cc(NC(=O)[C@H]2[C@@H](C(=O)O)C2(C)C)ccc1Cl. The van der Waals surface area contributed by atoms with Gasteiger partial charge in [-0.2, -0.15) is 0 Å². The fraction of sp³-hybridized carbons (Fsp3) is 0.400. The Morgan fingerprint density at radius 1 is 1.23 bits per heavy atom. The molecule has 0 aliphatic heterocycles. The molecule has 1 saturated carbocycles. The van der Waals surface area contributed by atoms with E-state index in [2.05, 4.69) is 10.6 Å². The smallest absolute Gasteiger partial charge is 0.307 e. The summed E-state index contributed by atoms with van der Waals surface area (Å²) in [4.78, 5) is 35.0. The van der Waals surface area contributed by atoms with Gasteiger partial charge in [0.2, 0.25) is 5.91 Å². The molecule has 2 rings (SSSR count). The lowest BCUT2D eigenvalue weighted by Crippen LogP contribution is -2.20. The highest BCUT2D eigenvalue weighted by molar-refractivity contribution is 6.34. The Labute approximate surface area is 132 Å². The number of carboxylic acid groups (broad SMARTS) is 1. The third-order valence-electron chi connectivity index (χ3n) is 4.08. The first kappa shape index (κ1) is 16.3. The van der Waals surface area contributed by atoms with Gasteiger partial charge in [-0.1, -0.05) is 25.4 Å². The van der Waals surface area contributed by atoms with Crippen LogP contribution < -0.4 is 10.6 Å². The van der Waals surface area contributed by atoms with Crippen LogP contribution in [0.5, 0.6) is 0 Å². The van der Waals surface area contributed by atoms with Gasteiger partial charge in [0.1, 0.15) is 0 Å². The lowest BCUT2D eigenvalue weighted by atomic mass is 10.1. The number of anilines is 1. The minimum Gasteiger partial charge on any atom is -0.481 e. The Hall–Kier alpha value is -2.08. The van der Waals surface area contributed by atoms with Gasteiger partial charge in [-0.05, 0) is 23.6 Å². The number of halogens is 1. The summed E-state index contributed by atoms with van der Waals surface area (Å²) < 4.78 is 0. The van der Waals surface area contributed by atoms with Crippen molar-refractivity contribution in [1.29, 1.82) is 0 Å². The number of carboxylic acids is 1. The topological polar surface area (TPSA) is 95.5 Å². The molecule has 0 radical (unpaired) electrons. The third-order valence-corrected chi connectivity index (χ3v) is 4.41. The molecule has 2 amide bonds. The van der Waals surface area contributed by atoms with Crippen LogP contribution >= 0.6 is 11.6 Å². The minimum atomic E-state index is -0.979. The first-order chi connectivity index (χ1) is 10.2. The van der Waals surface area contributed by atoms with Crippen molar-refractivity contribution in [3.63, 3.8) is 0 Å². The molecule has 7 heteroatoms. The van der Waals surface area contributed by atoms with Crippen LogP contribution in [0, 0.1) is 17.3 Å². The van der Waals surface area contributed by atoms with Crippen LogP contribution in [0.25, 0.3) is 0 Å². The Balaban J connectivity index is 2.17. The molecule has 6 nitrogen and oxygen atoms in total. The summed E-state index contributed by atoms with van der Waals surface area (Å²) >= 11 is 5.94. The van der Waals surface area contributed by atoms with Crippen molar-refractivity contribution in [2.75, 3.05) is 12.4 Å². The van der Waals surface area contributed by atoms with Crippen molar-refractivity contribution >= 4 is 35.1 Å². The predicted molar refractivity (Wildman–Crippen MR) is 81.9 cm³/mol. The van der Waals surface area contributed by atoms with Crippen LogP contribution in [-0.4, -0.2) is 29.9 Å². The molecule has 0 bridgehead atoms. The highest BCUT2D eigenvalue weighted by Gasteiger charge is 2.65. The van der Waals surface area contributed by atoms with Crippen molar-refractivity contribution in [1.82, 2.24) is 5.32 Å². The molecule has 0 unspecified atom stereocenters. The molecule has 118 valence electrons. The highest BCUT2D eigenvalue weighted by Crippen LogP contribution is 2.58. The van der Waals surface area contributed by atoms with Crippen LogP contribution in [0.3, 0.4) is 0 Å². The average molecular weight is 325 g/mol. The van der Waals surface area contributed by atoms with Gasteiger partial charge in [-0.25, -0.2) is 0 Å². The molecule has 0 heterocycles. The number of amides is 2. The average Bonchev–Trinajstić information content (AvgIpc) is 3.03. The van der Waals surface area contributed by atoms with Crippen LogP contribution in [0.1, 0.15) is 24.2 Å². The molecule has 1 aromatic rings. The molecule has 22 heavy (non-hydrogen) atoms. The van der Waals surface area contributed by atoms with E-state index in [1.807, 2.05) is 0 Å². The number of rotatable bonds is 4. The highest BCUT2D eigenvalue weighted by atomic mass is 35.5. The monoisotopic (exact) mass is 324 g/mol. The molecule has 1 aliphatic rings. The molecule has 1 aliphatic carbocycles. The van der Waals surface area contributed by atoms with Gasteiger partial charge in [-0.15, -0.1) is 0 Å². The van der Waals surface area contributed by atoms with Gasteiger partial charge in [-0.3, -0.25) is 14.4 Å². The van der Waals surface area contributed by atoms with Gasteiger partial charge >= 0.3 is 5.97 Å². The summed E-state index contributed by atoms with van der Waals surface area (Å²) in [6, 6.07) is 4.54. The van der Waals surface area contributed by atoms with Crippen molar-refractivity contribution in [3.8, 4) is 0 Å². The normalized spacial score (nSPS) is 21.8. The number of carbonyl (C=O) groups is 3. The van der Waals surface area contributed by atoms with E-state index in [-0.39, 0.29) is 22.4 Å². The maximum absolute atomic E-state index is 12.2. The number of nitrogens with one attached hydrogen (secondary N) is 2. The molecule has 1 fully saturated rings. The zero-order chi connectivity index (χ0) is 16.7. The predicted octanol–water partition coefficient (Wildman–Crippen LogP) is 1.99. The molecular weight excluding hydrogens is 308 g/mol. The molecule has 0 spiro atoms. The van der Waals surface area contributed by atoms with E-state index in [4.69, 9.17) is 16.7 Å². The summed E-state index contributed by atoms with van der Waals surface area (Å²) in [6.45, 7) is 3.49.